The Kier molecular flexibility index (Phi) is 6.03. The van der Waals surface area contributed by atoms with Crippen LogP contribution in [0, 0.1) is 0 Å². The first-order chi connectivity index (χ1) is 13.8. The molecule has 0 spiro atoms. The molecular weight excluding hydrogens is 379 g/mol. The monoisotopic (exact) mass is 399 g/mol. The summed E-state index contributed by atoms with van der Waals surface area (Å²) >= 11 is 0. The Morgan fingerprint density at radius 2 is 1.48 bits per heavy atom. The summed E-state index contributed by atoms with van der Waals surface area (Å²) in [6.07, 6.45) is -4.44. The molecule has 150 valence electrons. The predicted octanol–water partition coefficient (Wildman–Crippen LogP) is 5.06. The number of para-hydroxylation sites is 1. The van der Waals surface area contributed by atoms with E-state index in [1.54, 1.807) is 54.6 Å². The Balaban J connectivity index is 2.08. The number of nitrogens with two attached hydrogens (primary N) is 1. The van der Waals surface area contributed by atoms with Crippen LogP contribution in [0.5, 0.6) is 5.75 Å². The molecule has 0 bridgehead atoms. The molecule has 0 amide bonds. The number of hydrogen-bond donors (Lipinski definition) is 1. The van der Waals surface area contributed by atoms with Crippen LogP contribution in [0.1, 0.15) is 33.0 Å². The molecule has 0 heterocycles. The summed E-state index contributed by atoms with van der Waals surface area (Å²) in [5.74, 6) is -0.476. The van der Waals surface area contributed by atoms with Gasteiger partial charge in [-0.3, -0.25) is 4.79 Å². The van der Waals surface area contributed by atoms with Gasteiger partial charge in [-0.1, -0.05) is 60.7 Å². The summed E-state index contributed by atoms with van der Waals surface area (Å²) in [5, 5.41) is 0. The maximum Gasteiger partial charge on any atom is 0.416 e. The number of hydrogen-bond acceptors (Lipinski definition) is 3. The fraction of sp³-hybridized carbons (Fsp3) is 0.174. The van der Waals surface area contributed by atoms with Crippen molar-refractivity contribution in [1.29, 1.82) is 0 Å². The van der Waals surface area contributed by atoms with Crippen LogP contribution in [0.25, 0.3) is 0 Å². The molecule has 2 atom stereocenters. The molecule has 3 nitrogen and oxygen atoms in total. The summed E-state index contributed by atoms with van der Waals surface area (Å²) < 4.78 is 44.3. The van der Waals surface area contributed by atoms with E-state index in [0.29, 0.717) is 22.4 Å². The van der Waals surface area contributed by atoms with Crippen LogP contribution >= 0.6 is 0 Å². The average Bonchev–Trinajstić information content (AvgIpc) is 2.74. The zero-order chi connectivity index (χ0) is 21.0. The zero-order valence-corrected chi connectivity index (χ0v) is 15.7. The number of rotatable bonds is 6. The first-order valence-corrected chi connectivity index (χ1v) is 8.98. The summed E-state index contributed by atoms with van der Waals surface area (Å²) in [4.78, 5) is 13.0. The fourth-order valence-corrected chi connectivity index (χ4v) is 3.33. The van der Waals surface area contributed by atoms with E-state index in [2.05, 4.69) is 0 Å². The standard InChI is InChI=1S/C23H20F3NO2/c1-29-19-10-6-5-9-18(19)20(15-11-13-17(14-12-15)23(24,25)26)21(27)22(28)16-7-3-2-4-8-16/h2-14,20-21H,27H2,1H3. The van der Waals surface area contributed by atoms with E-state index >= 15 is 0 Å². The third kappa shape index (κ3) is 4.49. The van der Waals surface area contributed by atoms with Gasteiger partial charge in [0.05, 0.1) is 18.7 Å². The number of benzene rings is 3. The summed E-state index contributed by atoms with van der Waals surface area (Å²) in [6, 6.07) is 19.3. The van der Waals surface area contributed by atoms with E-state index in [-0.39, 0.29) is 5.78 Å². The number of alkyl halides is 3. The molecule has 3 rings (SSSR count). The number of methoxy groups -OCH3 is 1. The van der Waals surface area contributed by atoms with Crippen molar-refractivity contribution in [1.82, 2.24) is 0 Å². The zero-order valence-electron chi connectivity index (χ0n) is 15.7. The van der Waals surface area contributed by atoms with Gasteiger partial charge in [0, 0.05) is 17.0 Å². The van der Waals surface area contributed by atoms with Gasteiger partial charge in [0.15, 0.2) is 5.78 Å². The highest BCUT2D eigenvalue weighted by Gasteiger charge is 2.33. The quantitative estimate of drug-likeness (QED) is 0.590. The number of ketones is 1. The van der Waals surface area contributed by atoms with Crippen molar-refractivity contribution in [3.05, 3.63) is 101 Å². The Morgan fingerprint density at radius 1 is 0.897 bits per heavy atom. The smallest absolute Gasteiger partial charge is 0.416 e. The van der Waals surface area contributed by atoms with Crippen molar-refractivity contribution in [3.63, 3.8) is 0 Å². The molecule has 0 aliphatic carbocycles. The van der Waals surface area contributed by atoms with Crippen molar-refractivity contribution in [2.45, 2.75) is 18.1 Å². The van der Waals surface area contributed by atoms with Crippen molar-refractivity contribution in [3.8, 4) is 5.75 Å². The van der Waals surface area contributed by atoms with Gasteiger partial charge in [-0.2, -0.15) is 13.2 Å². The topological polar surface area (TPSA) is 52.3 Å². The summed E-state index contributed by atoms with van der Waals surface area (Å²) in [5.41, 5.74) is 7.18. The number of carbonyl (C=O) groups is 1. The lowest BCUT2D eigenvalue weighted by atomic mass is 9.81. The molecule has 29 heavy (non-hydrogen) atoms. The first kappa shape index (κ1) is 20.6. The molecule has 0 saturated carbocycles. The normalized spacial score (nSPS) is 13.6. The largest absolute Gasteiger partial charge is 0.496 e. The van der Waals surface area contributed by atoms with Gasteiger partial charge >= 0.3 is 6.18 Å². The van der Waals surface area contributed by atoms with Gasteiger partial charge in [-0.15, -0.1) is 0 Å². The van der Waals surface area contributed by atoms with Gasteiger partial charge in [-0.05, 0) is 23.8 Å². The number of carbonyl (C=O) groups excluding carboxylic acids is 1. The van der Waals surface area contributed by atoms with Crippen molar-refractivity contribution >= 4 is 5.78 Å². The van der Waals surface area contributed by atoms with Gasteiger partial charge in [0.2, 0.25) is 0 Å². The van der Waals surface area contributed by atoms with Crippen LogP contribution < -0.4 is 10.5 Å². The molecule has 3 aromatic rings. The second kappa shape index (κ2) is 8.49. The fourth-order valence-electron chi connectivity index (χ4n) is 3.33. The second-order valence-corrected chi connectivity index (χ2v) is 6.60. The lowest BCUT2D eigenvalue weighted by Gasteiger charge is -2.26. The average molecular weight is 399 g/mol. The summed E-state index contributed by atoms with van der Waals surface area (Å²) in [7, 11) is 1.49. The maximum absolute atomic E-state index is 13.0. The molecule has 3 aromatic carbocycles. The van der Waals surface area contributed by atoms with E-state index < -0.39 is 23.7 Å². The Labute approximate surface area is 166 Å². The molecule has 0 aliphatic rings. The molecule has 0 aromatic heterocycles. The SMILES string of the molecule is COc1ccccc1C(c1ccc(C(F)(F)F)cc1)C(N)C(=O)c1ccccc1. The third-order valence-electron chi connectivity index (χ3n) is 4.79. The van der Waals surface area contributed by atoms with Gasteiger partial charge < -0.3 is 10.5 Å². The second-order valence-electron chi connectivity index (χ2n) is 6.60. The minimum Gasteiger partial charge on any atom is -0.496 e. The van der Waals surface area contributed by atoms with Gasteiger partial charge in [0.1, 0.15) is 5.75 Å². The third-order valence-corrected chi connectivity index (χ3v) is 4.79. The van der Waals surface area contributed by atoms with Crippen LogP contribution in [0.3, 0.4) is 0 Å². The lowest BCUT2D eigenvalue weighted by molar-refractivity contribution is -0.137. The molecule has 0 radical (unpaired) electrons. The summed E-state index contributed by atoms with van der Waals surface area (Å²) in [6.45, 7) is 0. The van der Waals surface area contributed by atoms with Crippen molar-refractivity contribution in [2.24, 2.45) is 5.73 Å². The van der Waals surface area contributed by atoms with E-state index in [1.165, 1.54) is 19.2 Å². The number of Topliss-reactive ketones (excluding diaryl/α,β-unsaturated/α-hetero) is 1. The highest BCUT2D eigenvalue weighted by Crippen LogP contribution is 2.36. The molecule has 0 fully saturated rings. The van der Waals surface area contributed by atoms with Crippen LogP contribution in [0.2, 0.25) is 0 Å². The number of ether oxygens (including phenoxy) is 1. The van der Waals surface area contributed by atoms with E-state index in [0.717, 1.165) is 12.1 Å². The van der Waals surface area contributed by atoms with Crippen LogP contribution in [0.4, 0.5) is 13.2 Å². The molecule has 0 aliphatic heterocycles. The maximum atomic E-state index is 13.0. The first-order valence-electron chi connectivity index (χ1n) is 8.98. The molecule has 6 heteroatoms. The van der Waals surface area contributed by atoms with Gasteiger partial charge in [-0.25, -0.2) is 0 Å². The Hall–Kier alpha value is -3.12. The van der Waals surface area contributed by atoms with E-state index in [4.69, 9.17) is 10.5 Å². The van der Waals surface area contributed by atoms with Crippen molar-refractivity contribution in [2.75, 3.05) is 7.11 Å². The highest BCUT2D eigenvalue weighted by molar-refractivity contribution is 6.01. The van der Waals surface area contributed by atoms with Gasteiger partial charge in [0.25, 0.3) is 0 Å². The molecule has 2 N–H and O–H groups in total. The Bertz CT molecular complexity index is 969. The minimum atomic E-state index is -4.44. The highest BCUT2D eigenvalue weighted by atomic mass is 19.4. The van der Waals surface area contributed by atoms with Crippen LogP contribution in [-0.2, 0) is 6.18 Å². The predicted molar refractivity (Wildman–Crippen MR) is 105 cm³/mol. The number of halogens is 3. The van der Waals surface area contributed by atoms with Crippen LogP contribution in [0.15, 0.2) is 78.9 Å². The lowest BCUT2D eigenvalue weighted by Crippen LogP contribution is -2.37. The van der Waals surface area contributed by atoms with Crippen LogP contribution in [-0.4, -0.2) is 18.9 Å². The van der Waals surface area contributed by atoms with Crippen molar-refractivity contribution < 1.29 is 22.7 Å². The Morgan fingerprint density at radius 3 is 2.07 bits per heavy atom. The minimum absolute atomic E-state index is 0.304. The van der Waals surface area contributed by atoms with E-state index in [9.17, 15) is 18.0 Å². The molecule has 2 unspecified atom stereocenters. The van der Waals surface area contributed by atoms with E-state index in [1.807, 2.05) is 0 Å². The molecule has 0 saturated heterocycles. The molecular formula is C23H20F3NO2.